The molecule has 0 spiro atoms. The van der Waals surface area contributed by atoms with E-state index < -0.39 is 5.97 Å². The van der Waals surface area contributed by atoms with Gasteiger partial charge in [0.2, 0.25) is 0 Å². The number of hydrogen-bond donors (Lipinski definition) is 1. The number of anilines is 1. The van der Waals surface area contributed by atoms with Crippen LogP contribution < -0.4 is 10.6 Å². The number of fused-ring (bicyclic) bond motifs is 1. The van der Waals surface area contributed by atoms with Crippen LogP contribution in [-0.2, 0) is 0 Å². The van der Waals surface area contributed by atoms with Gasteiger partial charge in [0.1, 0.15) is 12.1 Å². The molecule has 6 nitrogen and oxygen atoms in total. The normalized spacial score (nSPS) is 10.7. The summed E-state index contributed by atoms with van der Waals surface area (Å²) in [5.41, 5.74) is 8.67. The van der Waals surface area contributed by atoms with Crippen molar-refractivity contribution in [3.63, 3.8) is 0 Å². The Hall–Kier alpha value is -3.67. The molecule has 0 aliphatic heterocycles. The molecule has 4 rings (SSSR count). The molecule has 0 unspecified atom stereocenters. The topological polar surface area (TPSA) is 83.0 Å². The van der Waals surface area contributed by atoms with E-state index in [0.717, 1.165) is 11.1 Å². The second kappa shape index (κ2) is 6.09. The van der Waals surface area contributed by atoms with Gasteiger partial charge in [-0.05, 0) is 17.7 Å². The zero-order valence-electron chi connectivity index (χ0n) is 13.2. The highest BCUT2D eigenvalue weighted by atomic mass is 16.7. The summed E-state index contributed by atoms with van der Waals surface area (Å²) >= 11 is 0. The van der Waals surface area contributed by atoms with Crippen molar-refractivity contribution in [3.8, 4) is 11.1 Å². The quantitative estimate of drug-likeness (QED) is 0.624. The molecule has 2 heterocycles. The van der Waals surface area contributed by atoms with E-state index in [1.165, 1.54) is 11.1 Å². The minimum absolute atomic E-state index is 0.332. The third-order valence-electron chi connectivity index (χ3n) is 3.86. The SMILES string of the molecule is Nc1ncnc2c1c(-c1ccccc1)cn2OC(=O)c1ccccc1. The minimum Gasteiger partial charge on any atom is -0.383 e. The summed E-state index contributed by atoms with van der Waals surface area (Å²) < 4.78 is 1.34. The molecule has 0 bridgehead atoms. The Labute approximate surface area is 143 Å². The first kappa shape index (κ1) is 14.9. The highest BCUT2D eigenvalue weighted by Gasteiger charge is 2.18. The largest absolute Gasteiger partial charge is 0.383 e. The van der Waals surface area contributed by atoms with Gasteiger partial charge in [0, 0.05) is 5.56 Å². The van der Waals surface area contributed by atoms with Crippen LogP contribution in [0.1, 0.15) is 10.4 Å². The van der Waals surface area contributed by atoms with Crippen molar-refractivity contribution in [2.75, 3.05) is 5.73 Å². The van der Waals surface area contributed by atoms with E-state index in [1.54, 1.807) is 30.5 Å². The molecule has 2 N–H and O–H groups in total. The van der Waals surface area contributed by atoms with Gasteiger partial charge in [0.15, 0.2) is 5.65 Å². The Kier molecular flexibility index (Phi) is 3.63. The van der Waals surface area contributed by atoms with E-state index >= 15 is 0 Å². The third-order valence-corrected chi connectivity index (χ3v) is 3.86. The smallest absolute Gasteiger partial charge is 0.363 e. The molecule has 6 heteroatoms. The van der Waals surface area contributed by atoms with Crippen molar-refractivity contribution >= 4 is 22.8 Å². The van der Waals surface area contributed by atoms with Crippen LogP contribution in [0.15, 0.2) is 73.2 Å². The van der Waals surface area contributed by atoms with Gasteiger partial charge in [-0.1, -0.05) is 48.5 Å². The lowest BCUT2D eigenvalue weighted by molar-refractivity contribution is 0.0480. The number of aromatic nitrogens is 3. The number of nitrogen functional groups attached to an aromatic ring is 1. The lowest BCUT2D eigenvalue weighted by atomic mass is 10.1. The zero-order chi connectivity index (χ0) is 17.2. The van der Waals surface area contributed by atoms with Crippen molar-refractivity contribution in [1.29, 1.82) is 0 Å². The average molecular weight is 330 g/mol. The monoisotopic (exact) mass is 330 g/mol. The Balaban J connectivity index is 1.83. The highest BCUT2D eigenvalue weighted by Crippen LogP contribution is 2.31. The van der Waals surface area contributed by atoms with Gasteiger partial charge in [-0.3, -0.25) is 0 Å². The average Bonchev–Trinajstić information content (AvgIpc) is 3.03. The van der Waals surface area contributed by atoms with Crippen molar-refractivity contribution in [1.82, 2.24) is 14.7 Å². The number of carbonyl (C=O) groups is 1. The Bertz CT molecular complexity index is 1040. The third kappa shape index (κ3) is 2.70. The summed E-state index contributed by atoms with van der Waals surface area (Å²) in [6, 6.07) is 18.4. The van der Waals surface area contributed by atoms with E-state index in [2.05, 4.69) is 9.97 Å². The molecular formula is C19H14N4O2. The number of nitrogens with two attached hydrogens (primary N) is 1. The molecule has 122 valence electrons. The molecule has 0 atom stereocenters. The van der Waals surface area contributed by atoms with Gasteiger partial charge in [-0.15, -0.1) is 0 Å². The first-order valence-electron chi connectivity index (χ1n) is 7.68. The summed E-state index contributed by atoms with van der Waals surface area (Å²) in [5.74, 6) is -0.146. The summed E-state index contributed by atoms with van der Waals surface area (Å²) in [6.07, 6.45) is 3.05. The second-order valence-corrected chi connectivity index (χ2v) is 5.44. The zero-order valence-corrected chi connectivity index (χ0v) is 13.2. The van der Waals surface area contributed by atoms with E-state index in [4.69, 9.17) is 10.6 Å². The molecular weight excluding hydrogens is 316 g/mol. The second-order valence-electron chi connectivity index (χ2n) is 5.44. The molecule has 0 aliphatic carbocycles. The molecule has 0 amide bonds. The summed E-state index contributed by atoms with van der Waals surface area (Å²) in [6.45, 7) is 0. The predicted molar refractivity (Wildman–Crippen MR) is 94.7 cm³/mol. The van der Waals surface area contributed by atoms with Crippen LogP contribution in [0.4, 0.5) is 5.82 Å². The molecule has 0 saturated heterocycles. The fourth-order valence-corrected chi connectivity index (χ4v) is 2.68. The Morgan fingerprint density at radius 2 is 1.64 bits per heavy atom. The highest BCUT2D eigenvalue weighted by molar-refractivity contribution is 6.01. The summed E-state index contributed by atoms with van der Waals surface area (Å²) in [5, 5.41) is 0.648. The van der Waals surface area contributed by atoms with E-state index in [0.29, 0.717) is 22.4 Å². The van der Waals surface area contributed by atoms with Crippen molar-refractivity contribution < 1.29 is 9.63 Å². The fraction of sp³-hybridized carbons (Fsp3) is 0. The van der Waals surface area contributed by atoms with Crippen molar-refractivity contribution in [2.24, 2.45) is 0 Å². The van der Waals surface area contributed by atoms with Gasteiger partial charge in [0.25, 0.3) is 0 Å². The lowest BCUT2D eigenvalue weighted by Crippen LogP contribution is -2.19. The lowest BCUT2D eigenvalue weighted by Gasteiger charge is -2.05. The molecule has 0 fully saturated rings. The number of rotatable bonds is 3. The molecule has 2 aromatic heterocycles. The summed E-state index contributed by atoms with van der Waals surface area (Å²) in [4.78, 5) is 26.2. The first-order valence-corrected chi connectivity index (χ1v) is 7.68. The minimum atomic E-state index is -0.478. The Morgan fingerprint density at radius 1 is 0.960 bits per heavy atom. The van der Waals surface area contributed by atoms with Gasteiger partial charge in [-0.25, -0.2) is 14.8 Å². The van der Waals surface area contributed by atoms with E-state index in [1.807, 2.05) is 36.4 Å². The number of carbonyl (C=O) groups excluding carboxylic acids is 1. The summed E-state index contributed by atoms with van der Waals surface area (Å²) in [7, 11) is 0. The first-order chi connectivity index (χ1) is 12.2. The van der Waals surface area contributed by atoms with Gasteiger partial charge in [0.05, 0.1) is 17.1 Å². The fourth-order valence-electron chi connectivity index (χ4n) is 2.68. The van der Waals surface area contributed by atoms with Crippen LogP contribution in [0.2, 0.25) is 0 Å². The van der Waals surface area contributed by atoms with Crippen LogP contribution in [0.5, 0.6) is 0 Å². The standard InChI is InChI=1S/C19H14N4O2/c20-17-16-15(13-7-3-1-4-8-13)11-23(18(16)22-12-21-17)25-19(24)14-9-5-2-6-10-14/h1-12H,(H2,20,21,22). The molecule has 0 aliphatic rings. The number of benzene rings is 2. The van der Waals surface area contributed by atoms with Crippen LogP contribution in [0, 0.1) is 0 Å². The number of hydrogen-bond acceptors (Lipinski definition) is 5. The van der Waals surface area contributed by atoms with Crippen LogP contribution in [-0.4, -0.2) is 20.7 Å². The van der Waals surface area contributed by atoms with Crippen LogP contribution in [0.3, 0.4) is 0 Å². The molecule has 0 saturated carbocycles. The van der Waals surface area contributed by atoms with Crippen molar-refractivity contribution in [2.45, 2.75) is 0 Å². The molecule has 4 aromatic rings. The van der Waals surface area contributed by atoms with Gasteiger partial charge in [-0.2, -0.15) is 4.73 Å². The maximum atomic E-state index is 12.4. The van der Waals surface area contributed by atoms with E-state index in [9.17, 15) is 4.79 Å². The predicted octanol–water partition coefficient (Wildman–Crippen LogP) is 2.95. The molecule has 25 heavy (non-hydrogen) atoms. The van der Waals surface area contributed by atoms with Gasteiger partial charge >= 0.3 is 5.97 Å². The van der Waals surface area contributed by atoms with Crippen LogP contribution >= 0.6 is 0 Å². The Morgan fingerprint density at radius 3 is 2.36 bits per heavy atom. The van der Waals surface area contributed by atoms with Gasteiger partial charge < -0.3 is 10.6 Å². The maximum absolute atomic E-state index is 12.4. The van der Waals surface area contributed by atoms with Crippen LogP contribution in [0.25, 0.3) is 22.2 Å². The molecule has 2 aromatic carbocycles. The maximum Gasteiger partial charge on any atom is 0.363 e. The van der Waals surface area contributed by atoms with E-state index in [-0.39, 0.29) is 0 Å². The number of nitrogens with zero attached hydrogens (tertiary/aromatic N) is 3. The van der Waals surface area contributed by atoms with Crippen molar-refractivity contribution in [3.05, 3.63) is 78.8 Å². The molecule has 0 radical (unpaired) electrons.